The summed E-state index contributed by atoms with van der Waals surface area (Å²) in [5.74, 6) is 0.0787. The Labute approximate surface area is 131 Å². The van der Waals surface area contributed by atoms with E-state index in [9.17, 15) is 14.9 Å². The van der Waals surface area contributed by atoms with E-state index in [2.05, 4.69) is 6.92 Å². The van der Waals surface area contributed by atoms with E-state index in [0.717, 1.165) is 19.3 Å². The van der Waals surface area contributed by atoms with Crippen LogP contribution in [0.5, 0.6) is 5.75 Å². The van der Waals surface area contributed by atoms with Gasteiger partial charge in [-0.05, 0) is 18.6 Å². The molecule has 0 saturated carbocycles. The maximum Gasteiger partial charge on any atom is 0.311 e. The third kappa shape index (κ3) is 7.76. The Kier molecular flexibility index (Phi) is 8.88. The van der Waals surface area contributed by atoms with E-state index in [4.69, 9.17) is 4.74 Å². The van der Waals surface area contributed by atoms with Crippen molar-refractivity contribution in [2.45, 2.75) is 64.7 Å². The number of ether oxygens (including phenoxy) is 1. The molecular weight excluding hydrogens is 282 g/mol. The molecule has 0 bridgehead atoms. The molecule has 0 amide bonds. The number of nitro benzene ring substituents is 1. The Morgan fingerprint density at radius 1 is 1.00 bits per heavy atom. The number of non-ortho nitro benzene ring substituents is 1. The zero-order valence-electron chi connectivity index (χ0n) is 13.3. The minimum atomic E-state index is -0.480. The molecule has 1 rings (SSSR count). The molecule has 122 valence electrons. The van der Waals surface area contributed by atoms with Gasteiger partial charge in [0.15, 0.2) is 0 Å². The lowest BCUT2D eigenvalue weighted by molar-refractivity contribution is -0.384. The fourth-order valence-electron chi connectivity index (χ4n) is 2.22. The lowest BCUT2D eigenvalue weighted by atomic mass is 10.1. The normalized spacial score (nSPS) is 10.4. The highest BCUT2D eigenvalue weighted by molar-refractivity contribution is 5.72. The molecule has 5 nitrogen and oxygen atoms in total. The van der Waals surface area contributed by atoms with Gasteiger partial charge in [-0.25, -0.2) is 0 Å². The Morgan fingerprint density at radius 2 is 1.55 bits per heavy atom. The van der Waals surface area contributed by atoms with Crippen LogP contribution in [-0.4, -0.2) is 10.9 Å². The molecule has 0 saturated heterocycles. The van der Waals surface area contributed by atoms with E-state index in [1.807, 2.05) is 0 Å². The number of rotatable bonds is 11. The summed E-state index contributed by atoms with van der Waals surface area (Å²) in [5.41, 5.74) is -0.0112. The summed E-state index contributed by atoms with van der Waals surface area (Å²) in [4.78, 5) is 21.7. The predicted molar refractivity (Wildman–Crippen MR) is 86.0 cm³/mol. The van der Waals surface area contributed by atoms with Crippen LogP contribution in [0.3, 0.4) is 0 Å². The van der Waals surface area contributed by atoms with Gasteiger partial charge in [0.05, 0.1) is 4.92 Å². The predicted octanol–water partition coefficient (Wildman–Crippen LogP) is 5.03. The largest absolute Gasteiger partial charge is 0.427 e. The highest BCUT2D eigenvalue weighted by Gasteiger charge is 2.08. The SMILES string of the molecule is CCCCCCCCCCC(=O)Oc1ccc([N+](=O)[O-])cc1. The van der Waals surface area contributed by atoms with Crippen LogP contribution in [0.1, 0.15) is 64.7 Å². The maximum absolute atomic E-state index is 11.6. The van der Waals surface area contributed by atoms with Crippen molar-refractivity contribution in [3.8, 4) is 5.75 Å². The van der Waals surface area contributed by atoms with Gasteiger partial charge in [-0.15, -0.1) is 0 Å². The van der Waals surface area contributed by atoms with Gasteiger partial charge < -0.3 is 4.74 Å². The van der Waals surface area contributed by atoms with Crippen molar-refractivity contribution < 1.29 is 14.5 Å². The summed E-state index contributed by atoms with van der Waals surface area (Å²) < 4.78 is 5.15. The van der Waals surface area contributed by atoms with Crippen LogP contribution >= 0.6 is 0 Å². The van der Waals surface area contributed by atoms with Gasteiger partial charge in [0.25, 0.3) is 5.69 Å². The molecule has 0 atom stereocenters. The standard InChI is InChI=1S/C17H25NO4/c1-2-3-4-5-6-7-8-9-10-17(19)22-16-13-11-15(12-14-16)18(20)21/h11-14H,2-10H2,1H3. The Balaban J connectivity index is 2.12. The number of nitro groups is 1. The topological polar surface area (TPSA) is 69.4 Å². The number of hydrogen-bond acceptors (Lipinski definition) is 4. The van der Waals surface area contributed by atoms with Crippen LogP contribution in [0.4, 0.5) is 5.69 Å². The fraction of sp³-hybridized carbons (Fsp3) is 0.588. The fourth-order valence-corrected chi connectivity index (χ4v) is 2.22. The lowest BCUT2D eigenvalue weighted by Crippen LogP contribution is -2.07. The zero-order chi connectivity index (χ0) is 16.2. The molecule has 1 aromatic rings. The molecule has 0 fully saturated rings. The molecule has 0 radical (unpaired) electrons. The van der Waals surface area contributed by atoms with Crippen molar-refractivity contribution in [1.29, 1.82) is 0 Å². The molecule has 0 heterocycles. The summed E-state index contributed by atoms with van der Waals surface area (Å²) in [6.45, 7) is 2.20. The monoisotopic (exact) mass is 307 g/mol. The van der Waals surface area contributed by atoms with Crippen LogP contribution in [0, 0.1) is 10.1 Å². The number of benzene rings is 1. The minimum absolute atomic E-state index is 0.0112. The summed E-state index contributed by atoms with van der Waals surface area (Å²) in [6.07, 6.45) is 9.81. The molecule has 0 aliphatic rings. The summed E-state index contributed by atoms with van der Waals surface area (Å²) in [7, 11) is 0. The molecule has 0 aliphatic carbocycles. The van der Waals surface area contributed by atoms with E-state index in [-0.39, 0.29) is 11.7 Å². The van der Waals surface area contributed by atoms with Gasteiger partial charge in [0, 0.05) is 18.6 Å². The van der Waals surface area contributed by atoms with Crippen LogP contribution < -0.4 is 4.74 Å². The van der Waals surface area contributed by atoms with Crippen LogP contribution in [0.2, 0.25) is 0 Å². The van der Waals surface area contributed by atoms with E-state index in [1.54, 1.807) is 0 Å². The summed E-state index contributed by atoms with van der Waals surface area (Å²) in [5, 5.41) is 10.5. The first-order valence-corrected chi connectivity index (χ1v) is 8.08. The maximum atomic E-state index is 11.6. The molecule has 5 heteroatoms. The number of nitrogens with zero attached hydrogens (tertiary/aromatic N) is 1. The zero-order valence-corrected chi connectivity index (χ0v) is 13.3. The van der Waals surface area contributed by atoms with Crippen molar-refractivity contribution in [2.24, 2.45) is 0 Å². The third-order valence-corrected chi connectivity index (χ3v) is 3.51. The molecule has 22 heavy (non-hydrogen) atoms. The van der Waals surface area contributed by atoms with E-state index in [1.165, 1.54) is 56.4 Å². The molecule has 0 spiro atoms. The Morgan fingerprint density at radius 3 is 2.09 bits per heavy atom. The van der Waals surface area contributed by atoms with Crippen molar-refractivity contribution in [3.63, 3.8) is 0 Å². The second-order valence-corrected chi connectivity index (χ2v) is 5.45. The average Bonchev–Trinajstić information content (AvgIpc) is 2.50. The molecule has 0 N–H and O–H groups in total. The average molecular weight is 307 g/mol. The van der Waals surface area contributed by atoms with E-state index >= 15 is 0 Å². The second kappa shape index (κ2) is 10.8. The number of carbonyl (C=O) groups is 1. The van der Waals surface area contributed by atoms with Crippen molar-refractivity contribution in [1.82, 2.24) is 0 Å². The van der Waals surface area contributed by atoms with Gasteiger partial charge in [0.2, 0.25) is 0 Å². The van der Waals surface area contributed by atoms with Crippen molar-refractivity contribution in [3.05, 3.63) is 34.4 Å². The van der Waals surface area contributed by atoms with Gasteiger partial charge in [-0.2, -0.15) is 0 Å². The van der Waals surface area contributed by atoms with Gasteiger partial charge in [0.1, 0.15) is 5.75 Å². The van der Waals surface area contributed by atoms with E-state index in [0.29, 0.717) is 12.2 Å². The van der Waals surface area contributed by atoms with Gasteiger partial charge in [-0.3, -0.25) is 14.9 Å². The van der Waals surface area contributed by atoms with Gasteiger partial charge in [-0.1, -0.05) is 51.9 Å². The highest BCUT2D eigenvalue weighted by atomic mass is 16.6. The second-order valence-electron chi connectivity index (χ2n) is 5.45. The Hall–Kier alpha value is -1.91. The van der Waals surface area contributed by atoms with Crippen LogP contribution in [0.15, 0.2) is 24.3 Å². The highest BCUT2D eigenvalue weighted by Crippen LogP contribution is 2.18. The first-order chi connectivity index (χ1) is 10.6. The first kappa shape index (κ1) is 18.1. The van der Waals surface area contributed by atoms with E-state index < -0.39 is 4.92 Å². The van der Waals surface area contributed by atoms with Gasteiger partial charge >= 0.3 is 5.97 Å². The quantitative estimate of drug-likeness (QED) is 0.189. The number of carbonyl (C=O) groups excluding carboxylic acids is 1. The molecular formula is C17H25NO4. The summed E-state index contributed by atoms with van der Waals surface area (Å²) in [6, 6.07) is 5.56. The minimum Gasteiger partial charge on any atom is -0.427 e. The number of esters is 1. The Bertz CT molecular complexity index is 456. The lowest BCUT2D eigenvalue weighted by Gasteiger charge is -2.04. The molecule has 1 aromatic carbocycles. The number of unbranched alkanes of at least 4 members (excludes halogenated alkanes) is 7. The van der Waals surface area contributed by atoms with Crippen molar-refractivity contribution >= 4 is 11.7 Å². The third-order valence-electron chi connectivity index (χ3n) is 3.51. The molecule has 0 aromatic heterocycles. The smallest absolute Gasteiger partial charge is 0.311 e. The van der Waals surface area contributed by atoms with Crippen LogP contribution in [-0.2, 0) is 4.79 Å². The molecule has 0 aliphatic heterocycles. The first-order valence-electron chi connectivity index (χ1n) is 8.08. The number of hydrogen-bond donors (Lipinski definition) is 0. The molecule has 0 unspecified atom stereocenters. The van der Waals surface area contributed by atoms with Crippen molar-refractivity contribution in [2.75, 3.05) is 0 Å². The summed E-state index contributed by atoms with van der Waals surface area (Å²) >= 11 is 0. The van der Waals surface area contributed by atoms with Crippen LogP contribution in [0.25, 0.3) is 0 Å².